The number of aryl methyl sites for hydroxylation is 2. The number of sulfone groups is 1. The third kappa shape index (κ3) is 2.95. The molecule has 1 aromatic carbocycles. The van der Waals surface area contributed by atoms with Crippen molar-refractivity contribution < 1.29 is 18.3 Å². The van der Waals surface area contributed by atoms with Gasteiger partial charge in [-0.3, -0.25) is 4.79 Å². The number of phenolic OH excluding ortho intramolecular Hbond substituents is 1. The Morgan fingerprint density at radius 3 is 2.60 bits per heavy atom. The fourth-order valence-corrected chi connectivity index (χ4v) is 4.20. The van der Waals surface area contributed by atoms with E-state index < -0.39 is 21.0 Å². The Hall–Kier alpha value is -1.56. The molecule has 1 aliphatic rings. The van der Waals surface area contributed by atoms with Gasteiger partial charge in [0.1, 0.15) is 11.0 Å². The average molecular weight is 297 g/mol. The molecule has 1 fully saturated rings. The van der Waals surface area contributed by atoms with Crippen molar-refractivity contribution in [3.8, 4) is 5.75 Å². The number of rotatable bonds is 2. The molecule has 1 saturated heterocycles. The van der Waals surface area contributed by atoms with Crippen LogP contribution in [0.15, 0.2) is 12.1 Å². The molecule has 1 unspecified atom stereocenters. The molecule has 1 atom stereocenters. The quantitative estimate of drug-likeness (QED) is 0.817. The lowest BCUT2D eigenvalue weighted by atomic mass is 10.1. The zero-order valence-corrected chi connectivity index (χ0v) is 12.5. The molecule has 2 N–H and O–H groups in total. The van der Waals surface area contributed by atoms with Crippen LogP contribution in [-0.2, 0) is 14.6 Å². The summed E-state index contributed by atoms with van der Waals surface area (Å²) in [6.45, 7) is 3.48. The maximum absolute atomic E-state index is 12.2. The number of hydrogen-bond acceptors (Lipinski definition) is 4. The lowest BCUT2D eigenvalue weighted by Gasteiger charge is -2.22. The highest BCUT2D eigenvalue weighted by molar-refractivity contribution is 7.92. The summed E-state index contributed by atoms with van der Waals surface area (Å²) in [7, 11) is -3.34. The number of hydrogen-bond donors (Lipinski definition) is 2. The molecule has 1 heterocycles. The number of benzene rings is 1. The molecular weight excluding hydrogens is 278 g/mol. The van der Waals surface area contributed by atoms with Crippen molar-refractivity contribution in [2.24, 2.45) is 0 Å². The normalized spacial score (nSPS) is 21.4. The summed E-state index contributed by atoms with van der Waals surface area (Å²) < 4.78 is 23.8. The van der Waals surface area contributed by atoms with Crippen molar-refractivity contribution >= 4 is 21.4 Å². The molecule has 1 amide bonds. The van der Waals surface area contributed by atoms with Gasteiger partial charge in [-0.05, 0) is 49.9 Å². The van der Waals surface area contributed by atoms with Gasteiger partial charge in [-0.15, -0.1) is 0 Å². The minimum absolute atomic E-state index is 0.0820. The van der Waals surface area contributed by atoms with Crippen LogP contribution in [0.2, 0.25) is 0 Å². The molecule has 2 rings (SSSR count). The van der Waals surface area contributed by atoms with Gasteiger partial charge in [-0.1, -0.05) is 6.42 Å². The van der Waals surface area contributed by atoms with Gasteiger partial charge in [-0.25, -0.2) is 8.42 Å². The summed E-state index contributed by atoms with van der Waals surface area (Å²) >= 11 is 0. The monoisotopic (exact) mass is 297 g/mol. The predicted molar refractivity (Wildman–Crippen MR) is 77.6 cm³/mol. The van der Waals surface area contributed by atoms with Gasteiger partial charge in [0.25, 0.3) is 0 Å². The van der Waals surface area contributed by atoms with Gasteiger partial charge >= 0.3 is 0 Å². The lowest BCUT2D eigenvalue weighted by molar-refractivity contribution is -0.116. The molecule has 0 bridgehead atoms. The first-order valence-corrected chi connectivity index (χ1v) is 8.35. The SMILES string of the molecule is Cc1cc(NC(=O)C2CCCCS2(=O)=O)c(C)cc1O. The summed E-state index contributed by atoms with van der Waals surface area (Å²) in [5, 5.41) is 11.3. The van der Waals surface area contributed by atoms with Crippen LogP contribution < -0.4 is 5.32 Å². The Balaban J connectivity index is 2.22. The molecule has 0 aliphatic carbocycles. The van der Waals surface area contributed by atoms with E-state index in [0.29, 0.717) is 29.7 Å². The summed E-state index contributed by atoms with van der Waals surface area (Å²) in [5.74, 6) is -0.234. The third-order valence-electron chi connectivity index (χ3n) is 3.67. The standard InChI is InChI=1S/C14H19NO4S/c1-9-8-12(16)10(2)7-11(9)15-14(17)13-5-3-4-6-20(13,18)19/h7-8,13,16H,3-6H2,1-2H3,(H,15,17). The summed E-state index contributed by atoms with van der Waals surface area (Å²) in [6, 6.07) is 3.21. The molecule has 110 valence electrons. The van der Waals surface area contributed by atoms with E-state index in [4.69, 9.17) is 0 Å². The van der Waals surface area contributed by atoms with Crippen LogP contribution in [-0.4, -0.2) is 30.4 Å². The van der Waals surface area contributed by atoms with Crippen LogP contribution in [0.4, 0.5) is 5.69 Å². The van der Waals surface area contributed by atoms with Crippen LogP contribution in [0.5, 0.6) is 5.75 Å². The zero-order chi connectivity index (χ0) is 14.9. The van der Waals surface area contributed by atoms with Gasteiger partial charge in [0.05, 0.1) is 5.75 Å². The maximum Gasteiger partial charge on any atom is 0.242 e. The largest absolute Gasteiger partial charge is 0.508 e. The number of carbonyl (C=O) groups excluding carboxylic acids is 1. The molecule has 0 saturated carbocycles. The van der Waals surface area contributed by atoms with E-state index >= 15 is 0 Å². The lowest BCUT2D eigenvalue weighted by Crippen LogP contribution is -2.39. The van der Waals surface area contributed by atoms with E-state index in [9.17, 15) is 18.3 Å². The van der Waals surface area contributed by atoms with Gasteiger partial charge in [0.15, 0.2) is 9.84 Å². The van der Waals surface area contributed by atoms with E-state index in [0.717, 1.165) is 6.42 Å². The second kappa shape index (κ2) is 5.44. The Morgan fingerprint density at radius 1 is 1.25 bits per heavy atom. The minimum Gasteiger partial charge on any atom is -0.508 e. The number of carbonyl (C=O) groups is 1. The van der Waals surface area contributed by atoms with E-state index in [2.05, 4.69) is 5.32 Å². The minimum atomic E-state index is -3.34. The fraction of sp³-hybridized carbons (Fsp3) is 0.500. The molecule has 1 aromatic rings. The smallest absolute Gasteiger partial charge is 0.242 e. The van der Waals surface area contributed by atoms with Gasteiger partial charge in [-0.2, -0.15) is 0 Å². The molecular formula is C14H19NO4S. The zero-order valence-electron chi connectivity index (χ0n) is 11.6. The van der Waals surface area contributed by atoms with Crippen molar-refractivity contribution in [2.75, 3.05) is 11.1 Å². The Morgan fingerprint density at radius 2 is 1.95 bits per heavy atom. The second-order valence-electron chi connectivity index (χ2n) is 5.29. The van der Waals surface area contributed by atoms with Crippen molar-refractivity contribution in [1.29, 1.82) is 0 Å². The van der Waals surface area contributed by atoms with E-state index in [1.54, 1.807) is 26.0 Å². The molecule has 0 aromatic heterocycles. The van der Waals surface area contributed by atoms with Crippen molar-refractivity contribution in [3.63, 3.8) is 0 Å². The maximum atomic E-state index is 12.2. The number of nitrogens with one attached hydrogen (secondary N) is 1. The third-order valence-corrected chi connectivity index (χ3v) is 5.85. The summed E-state index contributed by atoms with van der Waals surface area (Å²) in [6.07, 6.45) is 1.76. The average Bonchev–Trinajstić information content (AvgIpc) is 2.35. The topological polar surface area (TPSA) is 83.5 Å². The van der Waals surface area contributed by atoms with Gasteiger partial charge < -0.3 is 10.4 Å². The molecule has 5 nitrogen and oxygen atoms in total. The summed E-state index contributed by atoms with van der Waals surface area (Å²) in [4.78, 5) is 12.2. The molecule has 6 heteroatoms. The summed E-state index contributed by atoms with van der Waals surface area (Å²) in [5.41, 5.74) is 1.89. The van der Waals surface area contributed by atoms with Gasteiger partial charge in [0.2, 0.25) is 5.91 Å². The van der Waals surface area contributed by atoms with Crippen LogP contribution in [0.25, 0.3) is 0 Å². The van der Waals surface area contributed by atoms with Crippen molar-refractivity contribution in [1.82, 2.24) is 0 Å². The Labute approximate surface area is 118 Å². The van der Waals surface area contributed by atoms with Crippen molar-refractivity contribution in [3.05, 3.63) is 23.3 Å². The first-order chi connectivity index (χ1) is 9.31. The highest BCUT2D eigenvalue weighted by Crippen LogP contribution is 2.26. The molecule has 0 spiro atoms. The number of aromatic hydroxyl groups is 1. The number of amides is 1. The predicted octanol–water partition coefficient (Wildman–Crippen LogP) is 1.91. The van der Waals surface area contributed by atoms with Crippen molar-refractivity contribution in [2.45, 2.75) is 38.4 Å². The highest BCUT2D eigenvalue weighted by atomic mass is 32.2. The molecule has 20 heavy (non-hydrogen) atoms. The first-order valence-electron chi connectivity index (χ1n) is 6.64. The highest BCUT2D eigenvalue weighted by Gasteiger charge is 2.34. The van der Waals surface area contributed by atoms with E-state index in [1.807, 2.05) is 0 Å². The first kappa shape index (κ1) is 14.8. The van der Waals surface area contributed by atoms with E-state index in [1.165, 1.54) is 0 Å². The molecule has 0 radical (unpaired) electrons. The number of phenols is 1. The fourth-order valence-electron chi connectivity index (χ4n) is 2.40. The van der Waals surface area contributed by atoms with Gasteiger partial charge in [0, 0.05) is 5.69 Å². The van der Waals surface area contributed by atoms with E-state index in [-0.39, 0.29) is 11.5 Å². The number of anilines is 1. The van der Waals surface area contributed by atoms with Crippen LogP contribution >= 0.6 is 0 Å². The second-order valence-corrected chi connectivity index (χ2v) is 7.60. The Bertz CT molecular complexity index is 637. The van der Waals surface area contributed by atoms with Crippen LogP contribution in [0.1, 0.15) is 30.4 Å². The molecule has 1 aliphatic heterocycles. The van der Waals surface area contributed by atoms with Crippen LogP contribution in [0, 0.1) is 13.8 Å². The van der Waals surface area contributed by atoms with Crippen LogP contribution in [0.3, 0.4) is 0 Å². The Kier molecular flexibility index (Phi) is 4.04.